The van der Waals surface area contributed by atoms with E-state index in [1.165, 1.54) is 10.9 Å². The van der Waals surface area contributed by atoms with Crippen LogP contribution < -0.4 is 5.73 Å². The lowest BCUT2D eigenvalue weighted by Crippen LogP contribution is -2.10. The Bertz CT molecular complexity index is 462. The van der Waals surface area contributed by atoms with E-state index in [1.54, 1.807) is 0 Å². The second-order valence-corrected chi connectivity index (χ2v) is 4.02. The summed E-state index contributed by atoms with van der Waals surface area (Å²) in [5, 5.41) is 5.63. The van der Waals surface area contributed by atoms with Crippen molar-refractivity contribution >= 4 is 26.8 Å². The highest BCUT2D eigenvalue weighted by Gasteiger charge is 2.09. The summed E-state index contributed by atoms with van der Waals surface area (Å²) in [7, 11) is 0. The molecule has 2 rings (SSSR count). The Morgan fingerprint density at radius 3 is 2.93 bits per heavy atom. The molecule has 1 heterocycles. The molecule has 0 aliphatic carbocycles. The first-order chi connectivity index (χ1) is 6.74. The number of hydrogen-bond donors (Lipinski definition) is 1. The van der Waals surface area contributed by atoms with Crippen LogP contribution in [0.5, 0.6) is 0 Å². The van der Waals surface area contributed by atoms with E-state index in [0.29, 0.717) is 6.54 Å². The molecule has 0 aliphatic heterocycles. The van der Waals surface area contributed by atoms with Crippen molar-refractivity contribution in [3.05, 3.63) is 28.4 Å². The first kappa shape index (κ1) is 9.68. The van der Waals surface area contributed by atoms with Gasteiger partial charge in [0.2, 0.25) is 0 Å². The van der Waals surface area contributed by atoms with Crippen molar-refractivity contribution in [3.8, 4) is 0 Å². The maximum atomic E-state index is 5.51. The summed E-state index contributed by atoms with van der Waals surface area (Å²) >= 11 is 3.55. The van der Waals surface area contributed by atoms with Gasteiger partial charge >= 0.3 is 0 Å². The normalized spacial score (nSPS) is 11.1. The van der Waals surface area contributed by atoms with Gasteiger partial charge in [0, 0.05) is 11.9 Å². The molecule has 0 unspecified atom stereocenters. The highest BCUT2D eigenvalue weighted by Crippen LogP contribution is 2.26. The average molecular weight is 254 g/mol. The molecule has 14 heavy (non-hydrogen) atoms. The van der Waals surface area contributed by atoms with Crippen LogP contribution in [0.1, 0.15) is 5.56 Å². The number of fused-ring (bicyclic) bond motifs is 1. The monoisotopic (exact) mass is 253 g/mol. The summed E-state index contributed by atoms with van der Waals surface area (Å²) < 4.78 is 2.92. The van der Waals surface area contributed by atoms with Crippen molar-refractivity contribution in [1.29, 1.82) is 0 Å². The minimum atomic E-state index is 0.603. The average Bonchev–Trinajstić information content (AvgIpc) is 2.46. The second-order valence-electron chi connectivity index (χ2n) is 3.27. The van der Waals surface area contributed by atoms with Gasteiger partial charge in [-0.3, -0.25) is 4.68 Å². The van der Waals surface area contributed by atoms with Gasteiger partial charge in [-0.05, 0) is 34.5 Å². The molecule has 0 saturated heterocycles. The van der Waals surface area contributed by atoms with Crippen molar-refractivity contribution in [2.75, 3.05) is 6.54 Å². The fraction of sp³-hybridized carbons (Fsp3) is 0.300. The summed E-state index contributed by atoms with van der Waals surface area (Å²) in [5.74, 6) is 0. The molecular formula is C10H12BrN3. The fourth-order valence-corrected chi connectivity index (χ4v) is 2.35. The Kier molecular flexibility index (Phi) is 2.56. The zero-order valence-corrected chi connectivity index (χ0v) is 9.58. The topological polar surface area (TPSA) is 43.8 Å². The number of aryl methyl sites for hydroxylation is 1. The standard InChI is InChI=1S/C10H12BrN3/c1-7-3-2-4-8-9(7)10(11)14(13-8)6-5-12/h2-4H,5-6,12H2,1H3. The molecule has 4 heteroatoms. The SMILES string of the molecule is Cc1cccc2nn(CCN)c(Br)c12. The molecule has 0 bridgehead atoms. The van der Waals surface area contributed by atoms with Crippen molar-refractivity contribution < 1.29 is 0 Å². The Balaban J connectivity index is 2.68. The van der Waals surface area contributed by atoms with E-state index in [-0.39, 0.29) is 0 Å². The van der Waals surface area contributed by atoms with Crippen molar-refractivity contribution in [2.45, 2.75) is 13.5 Å². The molecule has 2 aromatic rings. The molecule has 3 nitrogen and oxygen atoms in total. The van der Waals surface area contributed by atoms with E-state index in [2.05, 4.69) is 34.0 Å². The van der Waals surface area contributed by atoms with E-state index in [9.17, 15) is 0 Å². The molecule has 0 saturated carbocycles. The van der Waals surface area contributed by atoms with Gasteiger partial charge in [0.05, 0.1) is 12.1 Å². The van der Waals surface area contributed by atoms with E-state index >= 15 is 0 Å². The Labute approximate surface area is 91.0 Å². The van der Waals surface area contributed by atoms with Crippen LogP contribution in [-0.2, 0) is 6.54 Å². The predicted molar refractivity (Wildman–Crippen MR) is 61.2 cm³/mol. The van der Waals surface area contributed by atoms with Gasteiger partial charge in [0.25, 0.3) is 0 Å². The number of rotatable bonds is 2. The number of nitrogens with two attached hydrogens (primary N) is 1. The number of hydrogen-bond acceptors (Lipinski definition) is 2. The number of nitrogens with zero attached hydrogens (tertiary/aromatic N) is 2. The summed E-state index contributed by atoms with van der Waals surface area (Å²) in [5.41, 5.74) is 7.76. The van der Waals surface area contributed by atoms with Gasteiger partial charge in [-0.15, -0.1) is 0 Å². The summed E-state index contributed by atoms with van der Waals surface area (Å²) in [4.78, 5) is 0. The molecule has 74 valence electrons. The highest BCUT2D eigenvalue weighted by molar-refractivity contribution is 9.10. The quantitative estimate of drug-likeness (QED) is 0.891. The molecule has 0 fully saturated rings. The van der Waals surface area contributed by atoms with Gasteiger partial charge < -0.3 is 5.73 Å². The van der Waals surface area contributed by atoms with E-state index in [4.69, 9.17) is 5.73 Å². The van der Waals surface area contributed by atoms with Crippen LogP contribution in [0.2, 0.25) is 0 Å². The predicted octanol–water partition coefficient (Wildman–Crippen LogP) is 2.07. The van der Waals surface area contributed by atoms with Crippen LogP contribution in [0.3, 0.4) is 0 Å². The number of halogens is 1. The number of aromatic nitrogens is 2. The van der Waals surface area contributed by atoms with Gasteiger partial charge in [-0.1, -0.05) is 12.1 Å². The van der Waals surface area contributed by atoms with Crippen LogP contribution in [-0.4, -0.2) is 16.3 Å². The smallest absolute Gasteiger partial charge is 0.112 e. The fourth-order valence-electron chi connectivity index (χ4n) is 1.58. The molecule has 0 amide bonds. The molecular weight excluding hydrogens is 242 g/mol. The highest BCUT2D eigenvalue weighted by atomic mass is 79.9. The van der Waals surface area contributed by atoms with Crippen molar-refractivity contribution in [3.63, 3.8) is 0 Å². The minimum absolute atomic E-state index is 0.603. The first-order valence-corrected chi connectivity index (χ1v) is 5.35. The van der Waals surface area contributed by atoms with Gasteiger partial charge in [0.15, 0.2) is 0 Å². The Morgan fingerprint density at radius 1 is 1.50 bits per heavy atom. The van der Waals surface area contributed by atoms with Crippen molar-refractivity contribution in [2.24, 2.45) is 5.73 Å². The lowest BCUT2D eigenvalue weighted by Gasteiger charge is -1.99. The Morgan fingerprint density at radius 2 is 2.29 bits per heavy atom. The van der Waals surface area contributed by atoms with Gasteiger partial charge in [-0.25, -0.2) is 0 Å². The molecule has 2 N–H and O–H groups in total. The first-order valence-electron chi connectivity index (χ1n) is 4.55. The van der Waals surface area contributed by atoms with Crippen LogP contribution >= 0.6 is 15.9 Å². The molecule has 0 spiro atoms. The van der Waals surface area contributed by atoms with Crippen LogP contribution in [0.15, 0.2) is 22.8 Å². The maximum absolute atomic E-state index is 5.51. The molecule has 0 radical (unpaired) electrons. The minimum Gasteiger partial charge on any atom is -0.329 e. The lowest BCUT2D eigenvalue weighted by molar-refractivity contribution is 0.619. The largest absolute Gasteiger partial charge is 0.329 e. The molecule has 0 aliphatic rings. The number of benzene rings is 1. The second kappa shape index (κ2) is 3.71. The summed E-state index contributed by atoms with van der Waals surface area (Å²) in [6.07, 6.45) is 0. The molecule has 1 aromatic carbocycles. The summed E-state index contributed by atoms with van der Waals surface area (Å²) in [6.45, 7) is 3.43. The van der Waals surface area contributed by atoms with Crippen LogP contribution in [0.25, 0.3) is 10.9 Å². The van der Waals surface area contributed by atoms with E-state index in [1.807, 2.05) is 16.8 Å². The third-order valence-corrected chi connectivity index (χ3v) is 3.06. The zero-order valence-electron chi connectivity index (χ0n) is 8.00. The third-order valence-electron chi connectivity index (χ3n) is 2.25. The van der Waals surface area contributed by atoms with Gasteiger partial charge in [0.1, 0.15) is 4.60 Å². The van der Waals surface area contributed by atoms with E-state index in [0.717, 1.165) is 16.7 Å². The van der Waals surface area contributed by atoms with Gasteiger partial charge in [-0.2, -0.15) is 5.10 Å². The lowest BCUT2D eigenvalue weighted by atomic mass is 10.1. The molecule has 0 atom stereocenters. The Hall–Kier alpha value is -0.870. The maximum Gasteiger partial charge on any atom is 0.112 e. The van der Waals surface area contributed by atoms with E-state index < -0.39 is 0 Å². The summed E-state index contributed by atoms with van der Waals surface area (Å²) in [6, 6.07) is 6.12. The van der Waals surface area contributed by atoms with Crippen LogP contribution in [0.4, 0.5) is 0 Å². The zero-order chi connectivity index (χ0) is 10.1. The molecule has 1 aromatic heterocycles. The van der Waals surface area contributed by atoms with Crippen molar-refractivity contribution in [1.82, 2.24) is 9.78 Å². The third kappa shape index (κ3) is 1.44. The van der Waals surface area contributed by atoms with Crippen LogP contribution in [0, 0.1) is 6.92 Å².